The van der Waals surface area contributed by atoms with Crippen LogP contribution in [0.15, 0.2) is 23.3 Å². The van der Waals surface area contributed by atoms with Crippen LogP contribution >= 0.6 is 0 Å². The molecule has 1 rings (SSSR count). The lowest BCUT2D eigenvalue weighted by Gasteiger charge is -2.10. The van der Waals surface area contributed by atoms with Crippen LogP contribution in [0.4, 0.5) is 0 Å². The summed E-state index contributed by atoms with van der Waals surface area (Å²) in [7, 11) is 0. The average molecular weight is 166 g/mol. The molecule has 0 saturated heterocycles. The molecular weight excluding hydrogens is 148 g/mol. The lowest BCUT2D eigenvalue weighted by Crippen LogP contribution is -1.91. The maximum absolute atomic E-state index is 8.78. The second-order valence-corrected chi connectivity index (χ2v) is 3.52. The van der Waals surface area contributed by atoms with E-state index in [2.05, 4.69) is 12.2 Å². The first-order chi connectivity index (χ1) is 5.83. The third-order valence-corrected chi connectivity index (χ3v) is 2.35. The van der Waals surface area contributed by atoms with Crippen LogP contribution in [-0.4, -0.2) is 11.7 Å². The molecule has 0 fully saturated rings. The van der Waals surface area contributed by atoms with Crippen molar-refractivity contribution in [3.05, 3.63) is 23.3 Å². The number of rotatable bonds is 3. The first kappa shape index (κ1) is 9.53. The van der Waals surface area contributed by atoms with Gasteiger partial charge in [-0.05, 0) is 39.0 Å². The molecule has 0 aromatic carbocycles. The number of hydrogen-bond donors (Lipinski definition) is 1. The van der Waals surface area contributed by atoms with Gasteiger partial charge < -0.3 is 5.11 Å². The molecule has 0 atom stereocenters. The molecule has 1 nitrogen and oxygen atoms in total. The summed E-state index contributed by atoms with van der Waals surface area (Å²) in [5.74, 6) is 0. The van der Waals surface area contributed by atoms with E-state index < -0.39 is 0 Å². The summed E-state index contributed by atoms with van der Waals surface area (Å²) in [4.78, 5) is 0. The highest BCUT2D eigenvalue weighted by Crippen LogP contribution is 2.20. The SMILES string of the molecule is C/C(=C\CC1=CCCCC1)CO. The Bertz CT molecular complexity index is 189. The van der Waals surface area contributed by atoms with Crippen molar-refractivity contribution in [3.8, 4) is 0 Å². The molecule has 0 aromatic rings. The highest BCUT2D eigenvalue weighted by molar-refractivity contribution is 5.12. The summed E-state index contributed by atoms with van der Waals surface area (Å²) >= 11 is 0. The number of allylic oxidation sites excluding steroid dienone is 3. The van der Waals surface area contributed by atoms with Crippen LogP contribution in [0.2, 0.25) is 0 Å². The third kappa shape index (κ3) is 3.22. The lowest BCUT2D eigenvalue weighted by molar-refractivity contribution is 0.331. The van der Waals surface area contributed by atoms with E-state index in [1.807, 2.05) is 6.92 Å². The molecule has 0 bridgehead atoms. The molecule has 0 aliphatic heterocycles. The van der Waals surface area contributed by atoms with Crippen molar-refractivity contribution in [2.75, 3.05) is 6.61 Å². The van der Waals surface area contributed by atoms with Crippen LogP contribution in [0, 0.1) is 0 Å². The zero-order valence-corrected chi connectivity index (χ0v) is 7.84. The molecule has 0 saturated carbocycles. The van der Waals surface area contributed by atoms with E-state index in [4.69, 9.17) is 5.11 Å². The topological polar surface area (TPSA) is 20.2 Å². The monoisotopic (exact) mass is 166 g/mol. The van der Waals surface area contributed by atoms with E-state index in [9.17, 15) is 0 Å². The van der Waals surface area contributed by atoms with Crippen LogP contribution in [0.25, 0.3) is 0 Å². The highest BCUT2D eigenvalue weighted by atomic mass is 16.3. The predicted octanol–water partition coefficient (Wildman–Crippen LogP) is 2.82. The number of aliphatic hydroxyl groups is 1. The Balaban J connectivity index is 2.35. The molecule has 12 heavy (non-hydrogen) atoms. The molecule has 0 aromatic heterocycles. The molecule has 1 aliphatic rings. The Morgan fingerprint density at radius 2 is 2.42 bits per heavy atom. The molecule has 1 aliphatic carbocycles. The maximum atomic E-state index is 8.78. The smallest absolute Gasteiger partial charge is 0.0639 e. The fourth-order valence-electron chi connectivity index (χ4n) is 1.46. The van der Waals surface area contributed by atoms with E-state index >= 15 is 0 Å². The molecule has 0 heterocycles. The minimum Gasteiger partial charge on any atom is -0.392 e. The van der Waals surface area contributed by atoms with E-state index in [1.54, 1.807) is 5.57 Å². The first-order valence-electron chi connectivity index (χ1n) is 4.77. The van der Waals surface area contributed by atoms with Crippen LogP contribution in [0.1, 0.15) is 39.0 Å². The highest BCUT2D eigenvalue weighted by Gasteiger charge is 2.01. The number of aliphatic hydroxyl groups excluding tert-OH is 1. The van der Waals surface area contributed by atoms with Crippen molar-refractivity contribution in [1.82, 2.24) is 0 Å². The largest absolute Gasteiger partial charge is 0.392 e. The van der Waals surface area contributed by atoms with Crippen LogP contribution in [0.5, 0.6) is 0 Å². The first-order valence-corrected chi connectivity index (χ1v) is 4.77. The second-order valence-electron chi connectivity index (χ2n) is 3.52. The summed E-state index contributed by atoms with van der Waals surface area (Å²) in [6.07, 6.45) is 10.7. The second kappa shape index (κ2) is 5.15. The van der Waals surface area contributed by atoms with Gasteiger partial charge in [0.1, 0.15) is 0 Å². The van der Waals surface area contributed by atoms with Gasteiger partial charge in [0.05, 0.1) is 6.61 Å². The lowest BCUT2D eigenvalue weighted by atomic mass is 9.96. The van der Waals surface area contributed by atoms with E-state index in [1.165, 1.54) is 25.7 Å². The number of hydrogen-bond acceptors (Lipinski definition) is 1. The van der Waals surface area contributed by atoms with Gasteiger partial charge in [-0.1, -0.05) is 23.3 Å². The summed E-state index contributed by atoms with van der Waals surface area (Å²) in [6, 6.07) is 0. The molecule has 0 amide bonds. The quantitative estimate of drug-likeness (QED) is 0.639. The Labute approximate surface area is 74.8 Å². The molecule has 0 spiro atoms. The summed E-state index contributed by atoms with van der Waals surface area (Å²) < 4.78 is 0. The van der Waals surface area contributed by atoms with Gasteiger partial charge in [-0.25, -0.2) is 0 Å². The predicted molar refractivity (Wildman–Crippen MR) is 52.0 cm³/mol. The molecular formula is C11H18O. The van der Waals surface area contributed by atoms with Gasteiger partial charge in [-0.3, -0.25) is 0 Å². The van der Waals surface area contributed by atoms with Crippen molar-refractivity contribution in [2.24, 2.45) is 0 Å². The van der Waals surface area contributed by atoms with Crippen LogP contribution in [0.3, 0.4) is 0 Å². The fraction of sp³-hybridized carbons (Fsp3) is 0.636. The molecule has 1 heteroatoms. The Morgan fingerprint density at radius 3 is 3.00 bits per heavy atom. The Kier molecular flexibility index (Phi) is 4.09. The van der Waals surface area contributed by atoms with Crippen molar-refractivity contribution >= 4 is 0 Å². The standard InChI is InChI=1S/C11H18O/c1-10(9-12)7-8-11-5-3-2-4-6-11/h5,7,12H,2-4,6,8-9H2,1H3/b10-7+. The van der Waals surface area contributed by atoms with Gasteiger partial charge in [-0.2, -0.15) is 0 Å². The van der Waals surface area contributed by atoms with Gasteiger partial charge in [0.25, 0.3) is 0 Å². The van der Waals surface area contributed by atoms with Gasteiger partial charge in [-0.15, -0.1) is 0 Å². The molecule has 68 valence electrons. The van der Waals surface area contributed by atoms with Crippen LogP contribution < -0.4 is 0 Å². The summed E-state index contributed by atoms with van der Waals surface area (Å²) in [5, 5.41) is 8.78. The average Bonchev–Trinajstić information content (AvgIpc) is 2.16. The normalized spacial score (nSPS) is 19.2. The van der Waals surface area contributed by atoms with E-state index in [0.29, 0.717) is 0 Å². The van der Waals surface area contributed by atoms with Crippen molar-refractivity contribution in [1.29, 1.82) is 0 Å². The molecule has 0 radical (unpaired) electrons. The Morgan fingerprint density at radius 1 is 1.58 bits per heavy atom. The van der Waals surface area contributed by atoms with E-state index in [0.717, 1.165) is 12.0 Å². The zero-order chi connectivity index (χ0) is 8.81. The van der Waals surface area contributed by atoms with E-state index in [-0.39, 0.29) is 6.61 Å². The van der Waals surface area contributed by atoms with Gasteiger partial charge in [0, 0.05) is 0 Å². The Hall–Kier alpha value is -0.560. The fourth-order valence-corrected chi connectivity index (χ4v) is 1.46. The van der Waals surface area contributed by atoms with Gasteiger partial charge in [0.15, 0.2) is 0 Å². The van der Waals surface area contributed by atoms with Crippen molar-refractivity contribution < 1.29 is 5.11 Å². The maximum Gasteiger partial charge on any atom is 0.0639 e. The van der Waals surface area contributed by atoms with Crippen molar-refractivity contribution in [2.45, 2.75) is 39.0 Å². The molecule has 0 unspecified atom stereocenters. The third-order valence-electron chi connectivity index (χ3n) is 2.35. The van der Waals surface area contributed by atoms with Crippen molar-refractivity contribution in [3.63, 3.8) is 0 Å². The van der Waals surface area contributed by atoms with Crippen LogP contribution in [-0.2, 0) is 0 Å². The summed E-state index contributed by atoms with van der Waals surface area (Å²) in [6.45, 7) is 2.18. The van der Waals surface area contributed by atoms with Gasteiger partial charge in [0.2, 0.25) is 0 Å². The minimum atomic E-state index is 0.202. The minimum absolute atomic E-state index is 0.202. The summed E-state index contributed by atoms with van der Waals surface area (Å²) in [5.41, 5.74) is 2.63. The van der Waals surface area contributed by atoms with Gasteiger partial charge >= 0.3 is 0 Å². The molecule has 1 N–H and O–H groups in total. The zero-order valence-electron chi connectivity index (χ0n) is 7.84.